The highest BCUT2D eigenvalue weighted by atomic mass is 79.9. The number of nitrogens with zero attached hydrogens (tertiary/aromatic N) is 1. The fourth-order valence-electron chi connectivity index (χ4n) is 0.996. The summed E-state index contributed by atoms with van der Waals surface area (Å²) < 4.78 is 3.20. The molecule has 10 heavy (non-hydrogen) atoms. The summed E-state index contributed by atoms with van der Waals surface area (Å²) in [4.78, 5) is 3.19. The van der Waals surface area contributed by atoms with Crippen LogP contribution in [0.3, 0.4) is 0 Å². The molecular weight excluding hydrogens is 192 g/mol. The quantitative estimate of drug-likeness (QED) is 0.672. The van der Waals surface area contributed by atoms with E-state index in [1.807, 2.05) is 13.2 Å². The summed E-state index contributed by atoms with van der Waals surface area (Å²) in [5, 5.41) is 0. The first kappa shape index (κ1) is 7.79. The van der Waals surface area contributed by atoms with E-state index in [2.05, 4.69) is 39.3 Å². The van der Waals surface area contributed by atoms with E-state index in [-0.39, 0.29) is 0 Å². The Morgan fingerprint density at radius 2 is 2.20 bits per heavy atom. The van der Waals surface area contributed by atoms with Gasteiger partial charge < -0.3 is 0 Å². The molecule has 0 spiro atoms. The van der Waals surface area contributed by atoms with Crippen LogP contribution in [0.1, 0.15) is 25.6 Å². The molecule has 0 aliphatic heterocycles. The van der Waals surface area contributed by atoms with Crippen LogP contribution in [0.15, 0.2) is 10.8 Å². The van der Waals surface area contributed by atoms with E-state index in [1.165, 1.54) is 5.82 Å². The minimum atomic E-state index is 0.552. The third-order valence-electron chi connectivity index (χ3n) is 1.57. The summed E-state index contributed by atoms with van der Waals surface area (Å²) in [6, 6.07) is 0. The molecular formula is C7H12BrN2+. The SMILES string of the molecule is CC(C)c1[nH]cc(Br)[n+]1C. The predicted octanol–water partition coefficient (Wildman–Crippen LogP) is 1.73. The molecule has 0 aliphatic rings. The Morgan fingerprint density at radius 1 is 1.60 bits per heavy atom. The predicted molar refractivity (Wildman–Crippen MR) is 43.8 cm³/mol. The third kappa shape index (κ3) is 1.24. The topological polar surface area (TPSA) is 19.7 Å². The number of aromatic amines is 1. The summed E-state index contributed by atoms with van der Waals surface area (Å²) >= 11 is 3.42. The molecule has 3 heteroatoms. The number of halogens is 1. The Balaban J connectivity index is 3.05. The Bertz CT molecular complexity index is 228. The van der Waals surface area contributed by atoms with E-state index in [9.17, 15) is 0 Å². The molecule has 1 aromatic rings. The summed E-state index contributed by atoms with van der Waals surface area (Å²) in [6.45, 7) is 4.33. The van der Waals surface area contributed by atoms with Crippen molar-refractivity contribution in [2.45, 2.75) is 19.8 Å². The molecule has 0 saturated carbocycles. The fourth-order valence-corrected chi connectivity index (χ4v) is 1.30. The van der Waals surface area contributed by atoms with Crippen molar-refractivity contribution in [3.05, 3.63) is 16.6 Å². The first-order chi connectivity index (χ1) is 4.63. The molecule has 0 fully saturated rings. The Morgan fingerprint density at radius 3 is 2.40 bits per heavy atom. The van der Waals surface area contributed by atoms with Crippen LogP contribution in [0.4, 0.5) is 0 Å². The van der Waals surface area contributed by atoms with Gasteiger partial charge in [0.25, 0.3) is 5.82 Å². The minimum Gasteiger partial charge on any atom is -0.246 e. The van der Waals surface area contributed by atoms with Crippen molar-refractivity contribution in [3.8, 4) is 0 Å². The van der Waals surface area contributed by atoms with Crippen LogP contribution >= 0.6 is 15.9 Å². The van der Waals surface area contributed by atoms with E-state index in [4.69, 9.17) is 0 Å². The number of aromatic nitrogens is 2. The second kappa shape index (κ2) is 2.74. The van der Waals surface area contributed by atoms with Crippen LogP contribution in [0.25, 0.3) is 0 Å². The first-order valence-electron chi connectivity index (χ1n) is 3.35. The first-order valence-corrected chi connectivity index (χ1v) is 4.15. The fraction of sp³-hybridized carbons (Fsp3) is 0.571. The molecule has 0 bridgehead atoms. The summed E-state index contributed by atoms with van der Waals surface area (Å²) in [5.74, 6) is 1.79. The van der Waals surface area contributed by atoms with Crippen LogP contribution < -0.4 is 4.57 Å². The van der Waals surface area contributed by atoms with Gasteiger partial charge in [-0.25, -0.2) is 9.55 Å². The Hall–Kier alpha value is -0.310. The molecule has 56 valence electrons. The monoisotopic (exact) mass is 203 g/mol. The van der Waals surface area contributed by atoms with E-state index >= 15 is 0 Å². The maximum Gasteiger partial charge on any atom is 0.257 e. The highest BCUT2D eigenvalue weighted by Crippen LogP contribution is 2.09. The lowest BCUT2D eigenvalue weighted by Crippen LogP contribution is -2.33. The smallest absolute Gasteiger partial charge is 0.246 e. The van der Waals surface area contributed by atoms with Gasteiger partial charge in [-0.3, -0.25) is 0 Å². The molecule has 0 amide bonds. The van der Waals surface area contributed by atoms with Crippen LogP contribution in [-0.4, -0.2) is 4.98 Å². The molecule has 1 aromatic heterocycles. The normalized spacial score (nSPS) is 10.9. The number of hydrogen-bond acceptors (Lipinski definition) is 0. The van der Waals surface area contributed by atoms with Crippen molar-refractivity contribution in [1.29, 1.82) is 0 Å². The largest absolute Gasteiger partial charge is 0.257 e. The molecule has 0 unspecified atom stereocenters. The molecule has 2 nitrogen and oxygen atoms in total. The molecule has 0 atom stereocenters. The van der Waals surface area contributed by atoms with Crippen molar-refractivity contribution >= 4 is 15.9 Å². The molecule has 0 saturated heterocycles. The molecule has 0 aromatic carbocycles. The number of nitrogens with one attached hydrogen (secondary N) is 1. The van der Waals surface area contributed by atoms with Crippen molar-refractivity contribution < 1.29 is 4.57 Å². The lowest BCUT2D eigenvalue weighted by molar-refractivity contribution is -0.689. The van der Waals surface area contributed by atoms with E-state index < -0.39 is 0 Å². The standard InChI is InChI=1S/C7H11BrN2/c1-5(2)7-9-4-6(8)10(7)3/h4-5H,1-3H3/p+1. The number of rotatable bonds is 1. The number of H-pyrrole nitrogens is 1. The van der Waals surface area contributed by atoms with Gasteiger partial charge in [0.2, 0.25) is 4.60 Å². The maximum atomic E-state index is 3.42. The summed E-state index contributed by atoms with van der Waals surface area (Å²) in [6.07, 6.45) is 1.95. The van der Waals surface area contributed by atoms with Crippen molar-refractivity contribution in [3.63, 3.8) is 0 Å². The summed E-state index contributed by atoms with van der Waals surface area (Å²) in [5.41, 5.74) is 0. The zero-order valence-electron chi connectivity index (χ0n) is 6.48. The maximum absolute atomic E-state index is 3.42. The molecule has 1 rings (SSSR count). The summed E-state index contributed by atoms with van der Waals surface area (Å²) in [7, 11) is 2.04. The van der Waals surface area contributed by atoms with Crippen molar-refractivity contribution in [2.75, 3.05) is 0 Å². The number of hydrogen-bond donors (Lipinski definition) is 1. The Kier molecular flexibility index (Phi) is 2.14. The van der Waals surface area contributed by atoms with Crippen molar-refractivity contribution in [2.24, 2.45) is 7.05 Å². The molecule has 1 N–H and O–H groups in total. The third-order valence-corrected chi connectivity index (χ3v) is 2.33. The van der Waals surface area contributed by atoms with E-state index in [0.29, 0.717) is 5.92 Å². The number of imidazole rings is 1. The van der Waals surface area contributed by atoms with Gasteiger partial charge in [-0.2, -0.15) is 0 Å². The van der Waals surface area contributed by atoms with Crippen LogP contribution in [0.5, 0.6) is 0 Å². The average Bonchev–Trinajstić information content (AvgIpc) is 2.14. The Labute approximate surface area is 69.4 Å². The van der Waals surface area contributed by atoms with Gasteiger partial charge in [-0.1, -0.05) is 13.8 Å². The molecule has 1 heterocycles. The average molecular weight is 204 g/mol. The lowest BCUT2D eigenvalue weighted by atomic mass is 10.2. The van der Waals surface area contributed by atoms with Gasteiger partial charge in [0.1, 0.15) is 6.20 Å². The van der Waals surface area contributed by atoms with Gasteiger partial charge in [-0.15, -0.1) is 0 Å². The van der Waals surface area contributed by atoms with Crippen LogP contribution in [0.2, 0.25) is 0 Å². The zero-order valence-corrected chi connectivity index (χ0v) is 8.07. The van der Waals surface area contributed by atoms with Crippen molar-refractivity contribution in [1.82, 2.24) is 4.98 Å². The van der Waals surface area contributed by atoms with Gasteiger partial charge in [0.05, 0.1) is 13.0 Å². The van der Waals surface area contributed by atoms with E-state index in [1.54, 1.807) is 0 Å². The van der Waals surface area contributed by atoms with E-state index in [0.717, 1.165) is 4.60 Å². The minimum absolute atomic E-state index is 0.552. The molecule has 0 aliphatic carbocycles. The van der Waals surface area contributed by atoms with Gasteiger partial charge in [0.15, 0.2) is 0 Å². The van der Waals surface area contributed by atoms with Gasteiger partial charge in [-0.05, 0) is 0 Å². The zero-order chi connectivity index (χ0) is 7.72. The highest BCUT2D eigenvalue weighted by molar-refractivity contribution is 9.10. The lowest BCUT2D eigenvalue weighted by Gasteiger charge is -1.96. The second-order valence-corrected chi connectivity index (χ2v) is 3.52. The molecule has 0 radical (unpaired) electrons. The second-order valence-electron chi connectivity index (χ2n) is 2.71. The van der Waals surface area contributed by atoms with Gasteiger partial charge in [0, 0.05) is 15.9 Å². The van der Waals surface area contributed by atoms with Crippen LogP contribution in [0, 0.1) is 0 Å². The van der Waals surface area contributed by atoms with Crippen LogP contribution in [-0.2, 0) is 7.05 Å². The highest BCUT2D eigenvalue weighted by Gasteiger charge is 2.14. The van der Waals surface area contributed by atoms with Gasteiger partial charge >= 0.3 is 0 Å².